The molecule has 1 rings (SSSR count). The van der Waals surface area contributed by atoms with Crippen LogP contribution in [0.4, 0.5) is 0 Å². The molecule has 0 radical (unpaired) electrons. The van der Waals surface area contributed by atoms with Gasteiger partial charge in [0, 0.05) is 6.42 Å². The summed E-state index contributed by atoms with van der Waals surface area (Å²) in [6.07, 6.45) is 1.64. The Labute approximate surface area is 105 Å². The van der Waals surface area contributed by atoms with Gasteiger partial charge in [0.2, 0.25) is 5.82 Å². The van der Waals surface area contributed by atoms with Crippen LogP contribution in [0.3, 0.4) is 0 Å². The van der Waals surface area contributed by atoms with E-state index >= 15 is 0 Å². The van der Waals surface area contributed by atoms with E-state index in [0.717, 1.165) is 12.8 Å². The molecule has 1 heterocycles. The van der Waals surface area contributed by atoms with Gasteiger partial charge in [0.25, 0.3) is 5.91 Å². The summed E-state index contributed by atoms with van der Waals surface area (Å²) in [6, 6.07) is -0.717. The second kappa shape index (κ2) is 6.73. The number of aromatic nitrogens is 3. The lowest BCUT2D eigenvalue weighted by atomic mass is 10.3. The van der Waals surface area contributed by atoms with E-state index in [1.54, 1.807) is 13.8 Å². The van der Waals surface area contributed by atoms with E-state index in [1.165, 1.54) is 0 Å². The van der Waals surface area contributed by atoms with Crippen LogP contribution >= 0.6 is 0 Å². The first-order valence-electron chi connectivity index (χ1n) is 5.97. The molecule has 2 N–H and O–H groups in total. The number of aryl methyl sites for hydroxylation is 1. The Kier molecular flexibility index (Phi) is 5.29. The lowest BCUT2D eigenvalue weighted by Gasteiger charge is -2.10. The third kappa shape index (κ3) is 3.83. The number of ether oxygens (including phenoxy) is 1. The number of nitrogens with one attached hydrogen (secondary N) is 2. The van der Waals surface area contributed by atoms with Gasteiger partial charge >= 0.3 is 5.97 Å². The molecule has 0 aliphatic rings. The third-order valence-electron chi connectivity index (χ3n) is 2.21. The fourth-order valence-corrected chi connectivity index (χ4v) is 1.33. The molecule has 0 saturated heterocycles. The summed E-state index contributed by atoms with van der Waals surface area (Å²) in [5.41, 5.74) is 0. The van der Waals surface area contributed by atoms with Crippen molar-refractivity contribution in [2.75, 3.05) is 6.61 Å². The summed E-state index contributed by atoms with van der Waals surface area (Å²) < 4.78 is 4.78. The number of hydrogen-bond acceptors (Lipinski definition) is 5. The van der Waals surface area contributed by atoms with Gasteiger partial charge in [-0.25, -0.2) is 9.78 Å². The number of carbonyl (C=O) groups excluding carboxylic acids is 2. The minimum Gasteiger partial charge on any atom is -0.464 e. The first-order chi connectivity index (χ1) is 8.58. The zero-order valence-corrected chi connectivity index (χ0v) is 10.8. The molecule has 0 aliphatic carbocycles. The highest BCUT2D eigenvalue weighted by Gasteiger charge is 2.20. The van der Waals surface area contributed by atoms with Crippen LogP contribution in [0.25, 0.3) is 0 Å². The molecule has 18 heavy (non-hydrogen) atoms. The highest BCUT2D eigenvalue weighted by molar-refractivity contribution is 5.93. The molecule has 0 aromatic carbocycles. The Morgan fingerprint density at radius 3 is 2.78 bits per heavy atom. The Morgan fingerprint density at radius 1 is 1.44 bits per heavy atom. The van der Waals surface area contributed by atoms with E-state index in [1.807, 2.05) is 6.92 Å². The standard InChI is InChI=1S/C11H18N4O3/c1-4-6-8-13-9(15-14-8)10(16)12-7(3)11(17)18-5-2/h7H,4-6H2,1-3H3,(H,12,16)(H,13,14,15). The molecule has 1 aromatic heterocycles. The largest absolute Gasteiger partial charge is 0.464 e. The Balaban J connectivity index is 2.56. The van der Waals surface area contributed by atoms with E-state index in [0.29, 0.717) is 5.82 Å². The maximum Gasteiger partial charge on any atom is 0.328 e. The van der Waals surface area contributed by atoms with Crippen LogP contribution in [0.1, 0.15) is 43.6 Å². The SMILES string of the molecule is CCCc1nc(C(=O)NC(C)C(=O)OCC)n[nH]1. The number of amides is 1. The lowest BCUT2D eigenvalue weighted by Crippen LogP contribution is -2.40. The second-order valence-corrected chi connectivity index (χ2v) is 3.80. The molecule has 0 bridgehead atoms. The van der Waals surface area contributed by atoms with Crippen molar-refractivity contribution in [3.8, 4) is 0 Å². The highest BCUT2D eigenvalue weighted by Crippen LogP contribution is 1.97. The van der Waals surface area contributed by atoms with Crippen molar-refractivity contribution in [1.29, 1.82) is 0 Å². The van der Waals surface area contributed by atoms with Crippen molar-refractivity contribution in [3.05, 3.63) is 11.6 Å². The number of nitrogens with zero attached hydrogens (tertiary/aromatic N) is 2. The first kappa shape index (κ1) is 14.1. The molecule has 1 aromatic rings. The number of rotatable bonds is 6. The number of esters is 1. The molecule has 7 heteroatoms. The maximum absolute atomic E-state index is 11.7. The average molecular weight is 254 g/mol. The number of carbonyl (C=O) groups is 2. The van der Waals surface area contributed by atoms with Gasteiger partial charge < -0.3 is 10.1 Å². The van der Waals surface area contributed by atoms with Crippen LogP contribution in [-0.2, 0) is 16.0 Å². The Bertz CT molecular complexity index is 416. The van der Waals surface area contributed by atoms with Crippen molar-refractivity contribution in [2.45, 2.75) is 39.7 Å². The Hall–Kier alpha value is -1.92. The average Bonchev–Trinajstić information content (AvgIpc) is 2.78. The summed E-state index contributed by atoms with van der Waals surface area (Å²) in [6.45, 7) is 5.54. The van der Waals surface area contributed by atoms with E-state index in [2.05, 4.69) is 20.5 Å². The maximum atomic E-state index is 11.7. The minimum absolute atomic E-state index is 0.0367. The van der Waals surface area contributed by atoms with Crippen LogP contribution in [0.2, 0.25) is 0 Å². The van der Waals surface area contributed by atoms with Gasteiger partial charge in [0.05, 0.1) is 6.61 Å². The normalized spacial score (nSPS) is 11.9. The van der Waals surface area contributed by atoms with Gasteiger partial charge in [0.1, 0.15) is 11.9 Å². The molecule has 0 saturated carbocycles. The smallest absolute Gasteiger partial charge is 0.328 e. The van der Waals surface area contributed by atoms with Crippen molar-refractivity contribution < 1.29 is 14.3 Å². The van der Waals surface area contributed by atoms with Crippen LogP contribution in [-0.4, -0.2) is 39.7 Å². The van der Waals surface area contributed by atoms with Gasteiger partial charge in [-0.3, -0.25) is 9.89 Å². The minimum atomic E-state index is -0.717. The summed E-state index contributed by atoms with van der Waals surface area (Å²) in [4.78, 5) is 27.1. The number of hydrogen-bond donors (Lipinski definition) is 2. The van der Waals surface area contributed by atoms with Gasteiger partial charge in [-0.15, -0.1) is 5.10 Å². The highest BCUT2D eigenvalue weighted by atomic mass is 16.5. The summed E-state index contributed by atoms with van der Waals surface area (Å²) in [7, 11) is 0. The fraction of sp³-hybridized carbons (Fsp3) is 0.636. The molecular weight excluding hydrogens is 236 g/mol. The number of aromatic amines is 1. The molecule has 0 spiro atoms. The lowest BCUT2D eigenvalue weighted by molar-refractivity contribution is -0.144. The fourth-order valence-electron chi connectivity index (χ4n) is 1.33. The third-order valence-corrected chi connectivity index (χ3v) is 2.21. The molecular formula is C11H18N4O3. The van der Waals surface area contributed by atoms with Gasteiger partial charge in [-0.05, 0) is 20.3 Å². The van der Waals surface area contributed by atoms with E-state index in [4.69, 9.17) is 4.74 Å². The zero-order chi connectivity index (χ0) is 13.5. The number of H-pyrrole nitrogens is 1. The predicted octanol–water partition coefficient (Wildman–Crippen LogP) is 0.439. The molecule has 0 fully saturated rings. The van der Waals surface area contributed by atoms with E-state index in [9.17, 15) is 9.59 Å². The van der Waals surface area contributed by atoms with Crippen LogP contribution in [0, 0.1) is 0 Å². The predicted molar refractivity (Wildman–Crippen MR) is 63.9 cm³/mol. The molecule has 100 valence electrons. The van der Waals surface area contributed by atoms with Crippen molar-refractivity contribution in [1.82, 2.24) is 20.5 Å². The van der Waals surface area contributed by atoms with Crippen molar-refractivity contribution >= 4 is 11.9 Å². The van der Waals surface area contributed by atoms with Gasteiger partial charge in [0.15, 0.2) is 0 Å². The Morgan fingerprint density at radius 2 is 2.17 bits per heavy atom. The van der Waals surface area contributed by atoms with Crippen molar-refractivity contribution in [2.24, 2.45) is 0 Å². The van der Waals surface area contributed by atoms with Crippen LogP contribution in [0.15, 0.2) is 0 Å². The molecule has 0 aliphatic heterocycles. The zero-order valence-electron chi connectivity index (χ0n) is 10.8. The first-order valence-corrected chi connectivity index (χ1v) is 5.97. The quantitative estimate of drug-likeness (QED) is 0.718. The van der Waals surface area contributed by atoms with Crippen LogP contribution < -0.4 is 5.32 Å². The molecule has 1 amide bonds. The van der Waals surface area contributed by atoms with Gasteiger partial charge in [-0.1, -0.05) is 6.92 Å². The summed E-state index contributed by atoms with van der Waals surface area (Å²) >= 11 is 0. The summed E-state index contributed by atoms with van der Waals surface area (Å²) in [5.74, 6) is -0.273. The van der Waals surface area contributed by atoms with Gasteiger partial charge in [-0.2, -0.15) is 0 Å². The van der Waals surface area contributed by atoms with Crippen molar-refractivity contribution in [3.63, 3.8) is 0 Å². The van der Waals surface area contributed by atoms with Crippen LogP contribution in [0.5, 0.6) is 0 Å². The summed E-state index contributed by atoms with van der Waals surface area (Å²) in [5, 5.41) is 8.95. The topological polar surface area (TPSA) is 97.0 Å². The van der Waals surface area contributed by atoms with E-state index < -0.39 is 17.9 Å². The monoisotopic (exact) mass is 254 g/mol. The second-order valence-electron chi connectivity index (χ2n) is 3.80. The molecule has 1 unspecified atom stereocenters. The molecule has 1 atom stereocenters. The van der Waals surface area contributed by atoms with E-state index in [-0.39, 0.29) is 12.4 Å². The molecule has 7 nitrogen and oxygen atoms in total.